The van der Waals surface area contributed by atoms with Crippen LogP contribution in [0.4, 0.5) is 0 Å². The first-order valence-electron chi connectivity index (χ1n) is 6.52. The predicted octanol–water partition coefficient (Wildman–Crippen LogP) is 4.00. The highest BCUT2D eigenvalue weighted by atomic mass is 32.2. The van der Waals surface area contributed by atoms with Crippen molar-refractivity contribution in [3.63, 3.8) is 0 Å². The third kappa shape index (κ3) is 4.14. The SMILES string of the molecule is COC(=O)Cc1ccccc1CSc1ccc(C)cc1. The minimum atomic E-state index is -0.196. The maximum atomic E-state index is 11.4. The number of hydrogen-bond acceptors (Lipinski definition) is 3. The molecule has 0 fully saturated rings. The van der Waals surface area contributed by atoms with E-state index in [0.29, 0.717) is 6.42 Å². The monoisotopic (exact) mass is 286 g/mol. The summed E-state index contributed by atoms with van der Waals surface area (Å²) in [6, 6.07) is 16.5. The molecule has 0 bridgehead atoms. The third-order valence-electron chi connectivity index (χ3n) is 3.10. The molecule has 104 valence electrons. The van der Waals surface area contributed by atoms with Crippen molar-refractivity contribution in [1.82, 2.24) is 0 Å². The van der Waals surface area contributed by atoms with Gasteiger partial charge in [-0.2, -0.15) is 0 Å². The predicted molar refractivity (Wildman–Crippen MR) is 82.9 cm³/mol. The van der Waals surface area contributed by atoms with Crippen LogP contribution in [0.15, 0.2) is 53.4 Å². The van der Waals surface area contributed by atoms with Crippen molar-refractivity contribution >= 4 is 17.7 Å². The van der Waals surface area contributed by atoms with Gasteiger partial charge in [0.2, 0.25) is 0 Å². The molecule has 0 heterocycles. The van der Waals surface area contributed by atoms with Crippen LogP contribution in [-0.4, -0.2) is 13.1 Å². The Bertz CT molecular complexity index is 576. The standard InChI is InChI=1S/C17H18O2S/c1-13-7-9-16(10-8-13)20-12-15-6-4-3-5-14(15)11-17(18)19-2/h3-10H,11-12H2,1-2H3. The van der Waals surface area contributed by atoms with Crippen LogP contribution >= 0.6 is 11.8 Å². The first kappa shape index (κ1) is 14.7. The Kier molecular flexibility index (Phi) is 5.24. The maximum Gasteiger partial charge on any atom is 0.309 e. The highest BCUT2D eigenvalue weighted by molar-refractivity contribution is 7.98. The number of esters is 1. The Balaban J connectivity index is 2.05. The topological polar surface area (TPSA) is 26.3 Å². The Labute approximate surface area is 124 Å². The van der Waals surface area contributed by atoms with Gasteiger partial charge in [-0.05, 0) is 30.2 Å². The van der Waals surface area contributed by atoms with Gasteiger partial charge < -0.3 is 4.74 Å². The smallest absolute Gasteiger partial charge is 0.309 e. The van der Waals surface area contributed by atoms with Gasteiger partial charge in [0, 0.05) is 10.6 Å². The van der Waals surface area contributed by atoms with E-state index in [1.807, 2.05) is 18.2 Å². The molecule has 0 radical (unpaired) electrons. The zero-order chi connectivity index (χ0) is 14.4. The first-order valence-corrected chi connectivity index (χ1v) is 7.50. The molecule has 2 nitrogen and oxygen atoms in total. The van der Waals surface area contributed by atoms with Crippen LogP contribution in [0.1, 0.15) is 16.7 Å². The van der Waals surface area contributed by atoms with Gasteiger partial charge >= 0.3 is 5.97 Å². The summed E-state index contributed by atoms with van der Waals surface area (Å²) in [6.45, 7) is 2.08. The van der Waals surface area contributed by atoms with Gasteiger partial charge in [-0.25, -0.2) is 0 Å². The zero-order valence-electron chi connectivity index (χ0n) is 11.8. The van der Waals surface area contributed by atoms with Gasteiger partial charge in [-0.3, -0.25) is 4.79 Å². The molecule has 0 saturated carbocycles. The van der Waals surface area contributed by atoms with Crippen molar-refractivity contribution in [3.8, 4) is 0 Å². The number of thioether (sulfide) groups is 1. The summed E-state index contributed by atoms with van der Waals surface area (Å²) < 4.78 is 4.74. The summed E-state index contributed by atoms with van der Waals surface area (Å²) >= 11 is 1.78. The minimum absolute atomic E-state index is 0.196. The molecule has 0 unspecified atom stereocenters. The summed E-state index contributed by atoms with van der Waals surface area (Å²) in [5.74, 6) is 0.661. The lowest BCUT2D eigenvalue weighted by Gasteiger charge is -2.08. The molecule has 0 aliphatic carbocycles. The summed E-state index contributed by atoms with van der Waals surface area (Å²) in [5.41, 5.74) is 3.49. The van der Waals surface area contributed by atoms with E-state index in [4.69, 9.17) is 4.74 Å². The van der Waals surface area contributed by atoms with E-state index in [9.17, 15) is 4.79 Å². The molecule has 0 aromatic heterocycles. The number of aryl methyl sites for hydroxylation is 1. The van der Waals surface area contributed by atoms with Crippen molar-refractivity contribution in [2.45, 2.75) is 24.0 Å². The molecule has 3 heteroatoms. The molecule has 0 aliphatic heterocycles. The number of hydrogen-bond donors (Lipinski definition) is 0. The van der Waals surface area contributed by atoms with Gasteiger partial charge in [-0.1, -0.05) is 42.0 Å². The molecule has 20 heavy (non-hydrogen) atoms. The van der Waals surface area contributed by atoms with Gasteiger partial charge in [-0.15, -0.1) is 11.8 Å². The van der Waals surface area contributed by atoms with Gasteiger partial charge in [0.25, 0.3) is 0 Å². The molecule has 0 atom stereocenters. The number of carbonyl (C=O) groups is 1. The van der Waals surface area contributed by atoms with E-state index in [0.717, 1.165) is 11.3 Å². The number of carbonyl (C=O) groups excluding carboxylic acids is 1. The minimum Gasteiger partial charge on any atom is -0.469 e. The van der Waals surface area contributed by atoms with E-state index < -0.39 is 0 Å². The quantitative estimate of drug-likeness (QED) is 0.614. The van der Waals surface area contributed by atoms with Crippen LogP contribution in [0.2, 0.25) is 0 Å². The van der Waals surface area contributed by atoms with Crippen molar-refractivity contribution in [2.75, 3.05) is 7.11 Å². The molecule has 2 aromatic rings. The molecule has 0 saturated heterocycles. The highest BCUT2D eigenvalue weighted by Crippen LogP contribution is 2.25. The Morgan fingerprint density at radius 1 is 1.05 bits per heavy atom. The fourth-order valence-corrected chi connectivity index (χ4v) is 2.83. The van der Waals surface area contributed by atoms with Crippen LogP contribution in [0, 0.1) is 6.92 Å². The lowest BCUT2D eigenvalue weighted by molar-refractivity contribution is -0.139. The van der Waals surface area contributed by atoms with Crippen LogP contribution in [0.3, 0.4) is 0 Å². The zero-order valence-corrected chi connectivity index (χ0v) is 12.6. The lowest BCUT2D eigenvalue weighted by Crippen LogP contribution is -2.06. The van der Waals surface area contributed by atoms with Gasteiger partial charge in [0.1, 0.15) is 0 Å². The normalized spacial score (nSPS) is 10.3. The fraction of sp³-hybridized carbons (Fsp3) is 0.235. The second kappa shape index (κ2) is 7.15. The summed E-state index contributed by atoms with van der Waals surface area (Å²) in [4.78, 5) is 12.7. The molecule has 0 N–H and O–H groups in total. The van der Waals surface area contributed by atoms with Crippen LogP contribution in [0.5, 0.6) is 0 Å². The van der Waals surface area contributed by atoms with E-state index in [2.05, 4.69) is 37.3 Å². The lowest BCUT2D eigenvalue weighted by atomic mass is 10.1. The van der Waals surface area contributed by atoms with Crippen LogP contribution < -0.4 is 0 Å². The van der Waals surface area contributed by atoms with E-state index in [1.54, 1.807) is 11.8 Å². The van der Waals surface area contributed by atoms with E-state index in [1.165, 1.54) is 23.1 Å². The van der Waals surface area contributed by atoms with Crippen molar-refractivity contribution in [2.24, 2.45) is 0 Å². The van der Waals surface area contributed by atoms with E-state index >= 15 is 0 Å². The third-order valence-corrected chi connectivity index (χ3v) is 4.16. The fourth-order valence-electron chi connectivity index (χ4n) is 1.89. The summed E-state index contributed by atoms with van der Waals surface area (Å²) in [5, 5.41) is 0. The molecule has 0 spiro atoms. The summed E-state index contributed by atoms with van der Waals surface area (Å²) in [6.07, 6.45) is 0.334. The van der Waals surface area contributed by atoms with Crippen LogP contribution in [-0.2, 0) is 21.7 Å². The van der Waals surface area contributed by atoms with Crippen LogP contribution in [0.25, 0.3) is 0 Å². The van der Waals surface area contributed by atoms with Crippen molar-refractivity contribution in [3.05, 3.63) is 65.2 Å². The number of methoxy groups -OCH3 is 1. The molecule has 0 aliphatic rings. The molecule has 2 aromatic carbocycles. The molecule has 2 rings (SSSR count). The van der Waals surface area contributed by atoms with Crippen molar-refractivity contribution in [1.29, 1.82) is 0 Å². The maximum absolute atomic E-state index is 11.4. The Morgan fingerprint density at radius 2 is 1.70 bits per heavy atom. The first-order chi connectivity index (χ1) is 9.69. The second-order valence-electron chi connectivity index (χ2n) is 4.62. The van der Waals surface area contributed by atoms with Gasteiger partial charge in [0.15, 0.2) is 0 Å². The number of ether oxygens (including phenoxy) is 1. The average molecular weight is 286 g/mol. The van der Waals surface area contributed by atoms with E-state index in [-0.39, 0.29) is 5.97 Å². The number of benzene rings is 2. The largest absolute Gasteiger partial charge is 0.469 e. The second-order valence-corrected chi connectivity index (χ2v) is 5.67. The van der Waals surface area contributed by atoms with Crippen molar-refractivity contribution < 1.29 is 9.53 Å². The molecular weight excluding hydrogens is 268 g/mol. The Hall–Kier alpha value is -1.74. The summed E-state index contributed by atoms with van der Waals surface area (Å²) in [7, 11) is 1.42. The number of rotatable bonds is 5. The molecular formula is C17H18O2S. The Morgan fingerprint density at radius 3 is 2.35 bits per heavy atom. The molecule has 0 amide bonds. The highest BCUT2D eigenvalue weighted by Gasteiger charge is 2.08. The average Bonchev–Trinajstić information content (AvgIpc) is 2.48. The van der Waals surface area contributed by atoms with Gasteiger partial charge in [0.05, 0.1) is 13.5 Å².